The van der Waals surface area contributed by atoms with Crippen LogP contribution in [0.5, 0.6) is 0 Å². The number of rotatable bonds is 2. The zero-order chi connectivity index (χ0) is 12.7. The third-order valence-electron chi connectivity index (χ3n) is 3.31. The van der Waals surface area contributed by atoms with E-state index in [1.807, 2.05) is 0 Å². The van der Waals surface area contributed by atoms with Gasteiger partial charge in [-0.15, -0.1) is 0 Å². The Bertz CT molecular complexity index is 710. The number of nitrogens with one attached hydrogen (secondary N) is 1. The van der Waals surface area contributed by atoms with Crippen LogP contribution < -0.4 is 0 Å². The summed E-state index contributed by atoms with van der Waals surface area (Å²) in [6.07, 6.45) is 1.13. The van der Waals surface area contributed by atoms with E-state index in [9.17, 15) is 0 Å². The smallest absolute Gasteiger partial charge is 0.0497 e. The molecule has 3 aromatic rings. The highest BCUT2D eigenvalue weighted by molar-refractivity contribution is 14.1. The summed E-state index contributed by atoms with van der Waals surface area (Å²) in [5, 5.41) is 2.68. The van der Waals surface area contributed by atoms with Crippen LogP contribution in [0.15, 0.2) is 36.4 Å². The fraction of sp³-hybridized carbons (Fsp3) is 0.250. The molecule has 1 aromatic heterocycles. The first-order chi connectivity index (χ1) is 8.65. The van der Waals surface area contributed by atoms with E-state index >= 15 is 0 Å². The van der Waals surface area contributed by atoms with E-state index in [-0.39, 0.29) is 0 Å². The molecule has 0 saturated carbocycles. The molecule has 0 saturated heterocycles. The minimum absolute atomic E-state index is 0.683. The van der Waals surface area contributed by atoms with E-state index in [1.54, 1.807) is 0 Å². The lowest BCUT2D eigenvalue weighted by atomic mass is 10.0. The van der Waals surface area contributed by atoms with Crippen molar-refractivity contribution in [3.8, 4) is 0 Å². The van der Waals surface area contributed by atoms with Gasteiger partial charge in [0.1, 0.15) is 0 Å². The third kappa shape index (κ3) is 2.03. The van der Waals surface area contributed by atoms with Gasteiger partial charge in [0.05, 0.1) is 0 Å². The van der Waals surface area contributed by atoms with Gasteiger partial charge in [-0.05, 0) is 58.7 Å². The fourth-order valence-corrected chi connectivity index (χ4v) is 3.06. The molecule has 0 bridgehead atoms. The summed E-state index contributed by atoms with van der Waals surface area (Å²) < 4.78 is 1.29. The third-order valence-corrected chi connectivity index (χ3v) is 3.98. The van der Waals surface area contributed by atoms with E-state index < -0.39 is 0 Å². The number of H-pyrrole nitrogens is 1. The minimum Gasteiger partial charge on any atom is -0.354 e. The van der Waals surface area contributed by atoms with Crippen LogP contribution in [-0.4, -0.2) is 4.98 Å². The van der Waals surface area contributed by atoms with Gasteiger partial charge in [-0.3, -0.25) is 0 Å². The zero-order valence-corrected chi connectivity index (χ0v) is 12.8. The first-order valence-corrected chi connectivity index (χ1v) is 7.42. The number of fused-ring (bicyclic) bond motifs is 3. The van der Waals surface area contributed by atoms with Gasteiger partial charge in [0, 0.05) is 25.4 Å². The van der Waals surface area contributed by atoms with Crippen LogP contribution in [0, 0.1) is 9.49 Å². The van der Waals surface area contributed by atoms with Gasteiger partial charge in [0.15, 0.2) is 0 Å². The molecule has 2 aromatic carbocycles. The van der Waals surface area contributed by atoms with Gasteiger partial charge >= 0.3 is 0 Å². The quantitative estimate of drug-likeness (QED) is 0.618. The molecule has 0 aliphatic heterocycles. The molecule has 92 valence electrons. The minimum atomic E-state index is 0.683. The molecular weight excluding hydrogens is 333 g/mol. The molecule has 3 rings (SSSR count). The summed E-state index contributed by atoms with van der Waals surface area (Å²) in [4.78, 5) is 3.58. The van der Waals surface area contributed by atoms with Crippen LogP contribution in [0.1, 0.15) is 19.4 Å². The highest BCUT2D eigenvalue weighted by atomic mass is 127. The Morgan fingerprint density at radius 3 is 2.72 bits per heavy atom. The standard InChI is InChI=1S/C16H16IN/c1-10(2)8-11-4-3-5-13-14-9-12(17)6-7-15(14)18-16(11)13/h3-7,9-10,18H,8H2,1-2H3. The monoisotopic (exact) mass is 349 g/mol. The van der Waals surface area contributed by atoms with Gasteiger partial charge in [0.25, 0.3) is 0 Å². The van der Waals surface area contributed by atoms with Crippen LogP contribution in [-0.2, 0) is 6.42 Å². The molecule has 0 atom stereocenters. The second-order valence-corrected chi connectivity index (χ2v) is 6.50. The summed E-state index contributed by atoms with van der Waals surface area (Å²) in [6, 6.07) is 13.2. The lowest BCUT2D eigenvalue weighted by Gasteiger charge is -2.05. The average molecular weight is 349 g/mol. The second kappa shape index (κ2) is 4.57. The summed E-state index contributed by atoms with van der Waals surface area (Å²) in [5.41, 5.74) is 3.97. The highest BCUT2D eigenvalue weighted by Gasteiger charge is 2.09. The van der Waals surface area contributed by atoms with Crippen molar-refractivity contribution in [3.05, 3.63) is 45.5 Å². The Morgan fingerprint density at radius 2 is 1.94 bits per heavy atom. The van der Waals surface area contributed by atoms with Crippen molar-refractivity contribution in [2.75, 3.05) is 0 Å². The molecular formula is C16H16IN. The Balaban J connectivity index is 2.32. The second-order valence-electron chi connectivity index (χ2n) is 5.25. The Hall–Kier alpha value is -1.03. The maximum absolute atomic E-state index is 3.58. The normalized spacial score (nSPS) is 11.8. The van der Waals surface area contributed by atoms with Crippen LogP contribution in [0.3, 0.4) is 0 Å². The predicted molar refractivity (Wildman–Crippen MR) is 87.1 cm³/mol. The maximum atomic E-state index is 3.58. The number of para-hydroxylation sites is 1. The molecule has 1 nitrogen and oxygen atoms in total. The molecule has 1 heterocycles. The molecule has 18 heavy (non-hydrogen) atoms. The first kappa shape index (κ1) is 12.0. The fourth-order valence-electron chi connectivity index (χ4n) is 2.57. The molecule has 0 amide bonds. The molecule has 0 aliphatic rings. The largest absolute Gasteiger partial charge is 0.354 e. The molecule has 0 fully saturated rings. The van der Waals surface area contributed by atoms with Crippen molar-refractivity contribution in [2.45, 2.75) is 20.3 Å². The van der Waals surface area contributed by atoms with Gasteiger partial charge in [0.2, 0.25) is 0 Å². The lowest BCUT2D eigenvalue weighted by Crippen LogP contribution is -1.94. The van der Waals surface area contributed by atoms with Crippen molar-refractivity contribution in [1.82, 2.24) is 4.98 Å². The topological polar surface area (TPSA) is 15.8 Å². The number of halogens is 1. The van der Waals surface area contributed by atoms with Crippen molar-refractivity contribution >= 4 is 44.4 Å². The number of hydrogen-bond acceptors (Lipinski definition) is 0. The Morgan fingerprint density at radius 1 is 1.11 bits per heavy atom. The van der Waals surface area contributed by atoms with Gasteiger partial charge < -0.3 is 4.98 Å². The SMILES string of the molecule is CC(C)Cc1cccc2c1[nH]c1ccc(I)cc12. The van der Waals surface area contributed by atoms with E-state index in [0.717, 1.165) is 6.42 Å². The zero-order valence-electron chi connectivity index (χ0n) is 10.6. The molecule has 2 heteroatoms. The summed E-state index contributed by atoms with van der Waals surface area (Å²) >= 11 is 2.37. The Kier molecular flexibility index (Phi) is 3.06. The number of benzene rings is 2. The van der Waals surface area contributed by atoms with E-state index in [4.69, 9.17) is 0 Å². The van der Waals surface area contributed by atoms with Gasteiger partial charge in [-0.2, -0.15) is 0 Å². The Labute approximate surface area is 121 Å². The van der Waals surface area contributed by atoms with Crippen molar-refractivity contribution in [1.29, 1.82) is 0 Å². The molecule has 1 N–H and O–H groups in total. The van der Waals surface area contributed by atoms with Crippen molar-refractivity contribution in [3.63, 3.8) is 0 Å². The first-order valence-electron chi connectivity index (χ1n) is 6.34. The van der Waals surface area contributed by atoms with Gasteiger partial charge in [-0.1, -0.05) is 32.0 Å². The summed E-state index contributed by atoms with van der Waals surface area (Å²) in [5.74, 6) is 0.683. The van der Waals surface area contributed by atoms with Crippen LogP contribution in [0.4, 0.5) is 0 Å². The highest BCUT2D eigenvalue weighted by Crippen LogP contribution is 2.29. The van der Waals surface area contributed by atoms with Crippen LogP contribution in [0.2, 0.25) is 0 Å². The van der Waals surface area contributed by atoms with Crippen LogP contribution in [0.25, 0.3) is 21.8 Å². The molecule has 0 unspecified atom stereocenters. The van der Waals surface area contributed by atoms with Crippen LogP contribution >= 0.6 is 22.6 Å². The number of aromatic amines is 1. The molecule has 0 aliphatic carbocycles. The van der Waals surface area contributed by atoms with E-state index in [1.165, 1.54) is 30.9 Å². The summed E-state index contributed by atoms with van der Waals surface area (Å²) in [7, 11) is 0. The lowest BCUT2D eigenvalue weighted by molar-refractivity contribution is 0.649. The van der Waals surface area contributed by atoms with E-state index in [0.29, 0.717) is 5.92 Å². The maximum Gasteiger partial charge on any atom is 0.0497 e. The predicted octanol–water partition coefficient (Wildman–Crippen LogP) is 5.12. The van der Waals surface area contributed by atoms with Crippen molar-refractivity contribution in [2.24, 2.45) is 5.92 Å². The van der Waals surface area contributed by atoms with E-state index in [2.05, 4.69) is 77.8 Å². The molecule has 0 radical (unpaired) electrons. The summed E-state index contributed by atoms with van der Waals surface area (Å²) in [6.45, 7) is 4.54. The molecule has 0 spiro atoms. The number of aromatic nitrogens is 1. The van der Waals surface area contributed by atoms with Crippen molar-refractivity contribution < 1.29 is 0 Å². The number of hydrogen-bond donors (Lipinski definition) is 1. The average Bonchev–Trinajstić information content (AvgIpc) is 2.68. The van der Waals surface area contributed by atoms with Gasteiger partial charge in [-0.25, -0.2) is 0 Å².